The Balaban J connectivity index is 2.49. The quantitative estimate of drug-likeness (QED) is 0.924. The summed E-state index contributed by atoms with van der Waals surface area (Å²) in [6, 6.07) is 9.74. The van der Waals surface area contributed by atoms with Crippen LogP contribution in [-0.2, 0) is 0 Å². The first-order valence-electron chi connectivity index (χ1n) is 6.00. The monoisotopic (exact) mass is 339 g/mol. The highest BCUT2D eigenvalue weighted by Gasteiger charge is 2.19. The second-order valence-electron chi connectivity index (χ2n) is 4.23. The largest absolute Gasteiger partial charge is 0.496 e. The fourth-order valence-electron chi connectivity index (χ4n) is 2.04. The molecule has 20 heavy (non-hydrogen) atoms. The lowest BCUT2D eigenvalue weighted by atomic mass is 9.98. The van der Waals surface area contributed by atoms with Crippen molar-refractivity contribution in [2.75, 3.05) is 14.2 Å². The molecule has 0 aromatic heterocycles. The maximum atomic E-state index is 14.3. The van der Waals surface area contributed by atoms with Gasteiger partial charge in [-0.2, -0.15) is 0 Å². The van der Waals surface area contributed by atoms with Crippen LogP contribution >= 0.6 is 15.9 Å². The number of benzene rings is 2. The normalized spacial score (nSPS) is 12.1. The molecule has 0 aliphatic heterocycles. The Labute approximate surface area is 125 Å². The average Bonchev–Trinajstić information content (AvgIpc) is 2.46. The average molecular weight is 340 g/mol. The lowest BCUT2D eigenvalue weighted by Gasteiger charge is -2.18. The van der Waals surface area contributed by atoms with E-state index >= 15 is 0 Å². The molecule has 2 rings (SSSR count). The Bertz CT molecular complexity index is 619. The van der Waals surface area contributed by atoms with Crippen LogP contribution in [0.5, 0.6) is 11.5 Å². The summed E-state index contributed by atoms with van der Waals surface area (Å²) in [6.07, 6.45) is 0. The first-order valence-corrected chi connectivity index (χ1v) is 6.79. The van der Waals surface area contributed by atoms with E-state index in [4.69, 9.17) is 15.2 Å². The fourth-order valence-corrected chi connectivity index (χ4v) is 2.38. The molecule has 5 heteroatoms. The molecule has 106 valence electrons. The number of hydrogen-bond acceptors (Lipinski definition) is 3. The van der Waals surface area contributed by atoms with Gasteiger partial charge in [0.2, 0.25) is 0 Å². The summed E-state index contributed by atoms with van der Waals surface area (Å²) in [4.78, 5) is 0. The predicted octanol–water partition coefficient (Wildman–Crippen LogP) is 3.65. The zero-order valence-corrected chi connectivity index (χ0v) is 12.8. The van der Waals surface area contributed by atoms with E-state index in [2.05, 4.69) is 15.9 Å². The van der Waals surface area contributed by atoms with Crippen LogP contribution in [0.1, 0.15) is 17.2 Å². The highest BCUT2D eigenvalue weighted by atomic mass is 79.9. The van der Waals surface area contributed by atoms with Crippen molar-refractivity contribution in [1.29, 1.82) is 0 Å². The van der Waals surface area contributed by atoms with Gasteiger partial charge >= 0.3 is 0 Å². The van der Waals surface area contributed by atoms with E-state index in [-0.39, 0.29) is 5.75 Å². The van der Waals surface area contributed by atoms with Gasteiger partial charge in [-0.15, -0.1) is 0 Å². The molecule has 0 aliphatic carbocycles. The molecule has 2 aromatic carbocycles. The zero-order valence-electron chi connectivity index (χ0n) is 11.2. The van der Waals surface area contributed by atoms with Crippen LogP contribution in [-0.4, -0.2) is 14.2 Å². The second kappa shape index (κ2) is 6.24. The Morgan fingerprint density at radius 2 is 1.75 bits per heavy atom. The summed E-state index contributed by atoms with van der Waals surface area (Å²) in [7, 11) is 2.98. The molecule has 0 saturated heterocycles. The number of hydrogen-bond donors (Lipinski definition) is 1. The topological polar surface area (TPSA) is 44.5 Å². The van der Waals surface area contributed by atoms with Crippen molar-refractivity contribution >= 4 is 15.9 Å². The highest BCUT2D eigenvalue weighted by molar-refractivity contribution is 9.10. The molecule has 0 bridgehead atoms. The van der Waals surface area contributed by atoms with Gasteiger partial charge in [0.05, 0.1) is 20.3 Å². The molecular weight excluding hydrogens is 325 g/mol. The van der Waals surface area contributed by atoms with E-state index < -0.39 is 11.9 Å². The number of methoxy groups -OCH3 is 2. The minimum absolute atomic E-state index is 0.175. The third-order valence-corrected chi connectivity index (χ3v) is 3.57. The zero-order chi connectivity index (χ0) is 14.7. The smallest absolute Gasteiger partial charge is 0.170 e. The van der Waals surface area contributed by atoms with Crippen molar-refractivity contribution < 1.29 is 13.9 Å². The van der Waals surface area contributed by atoms with Gasteiger partial charge < -0.3 is 15.2 Å². The van der Waals surface area contributed by atoms with Crippen LogP contribution < -0.4 is 15.2 Å². The molecule has 0 saturated carbocycles. The van der Waals surface area contributed by atoms with Gasteiger partial charge in [-0.3, -0.25) is 0 Å². The molecule has 1 atom stereocenters. The van der Waals surface area contributed by atoms with Crippen LogP contribution in [0.15, 0.2) is 40.9 Å². The van der Waals surface area contributed by atoms with Crippen LogP contribution in [0.25, 0.3) is 0 Å². The summed E-state index contributed by atoms with van der Waals surface area (Å²) in [6.45, 7) is 0. The van der Waals surface area contributed by atoms with Crippen LogP contribution in [0.2, 0.25) is 0 Å². The summed E-state index contributed by atoms with van der Waals surface area (Å²) in [5, 5.41) is 0. The highest BCUT2D eigenvalue weighted by Crippen LogP contribution is 2.33. The minimum atomic E-state index is -0.631. The maximum absolute atomic E-state index is 14.3. The summed E-state index contributed by atoms with van der Waals surface area (Å²) >= 11 is 3.36. The summed E-state index contributed by atoms with van der Waals surface area (Å²) in [5.41, 5.74) is 7.25. The van der Waals surface area contributed by atoms with E-state index in [1.54, 1.807) is 31.4 Å². The molecule has 0 aliphatic rings. The lowest BCUT2D eigenvalue weighted by molar-refractivity contribution is 0.382. The number of ether oxygens (including phenoxy) is 2. The SMILES string of the molecule is COc1cc(Br)ccc1C(N)c1cccc(OC)c1F. The fraction of sp³-hybridized carbons (Fsp3) is 0.200. The Morgan fingerprint density at radius 3 is 2.40 bits per heavy atom. The van der Waals surface area contributed by atoms with Gasteiger partial charge in [-0.05, 0) is 18.2 Å². The van der Waals surface area contributed by atoms with E-state index in [9.17, 15) is 4.39 Å². The maximum Gasteiger partial charge on any atom is 0.170 e. The molecule has 0 spiro atoms. The van der Waals surface area contributed by atoms with Gasteiger partial charge in [-0.1, -0.05) is 34.1 Å². The van der Waals surface area contributed by atoms with Crippen molar-refractivity contribution in [3.05, 3.63) is 57.8 Å². The van der Waals surface area contributed by atoms with E-state index in [1.165, 1.54) is 7.11 Å². The lowest BCUT2D eigenvalue weighted by Crippen LogP contribution is -2.15. The Morgan fingerprint density at radius 1 is 1.05 bits per heavy atom. The van der Waals surface area contributed by atoms with E-state index in [1.807, 2.05) is 12.1 Å². The Kier molecular flexibility index (Phi) is 4.62. The number of rotatable bonds is 4. The molecule has 0 heterocycles. The van der Waals surface area contributed by atoms with E-state index in [0.29, 0.717) is 16.9 Å². The van der Waals surface area contributed by atoms with Crippen molar-refractivity contribution in [2.45, 2.75) is 6.04 Å². The molecule has 0 radical (unpaired) electrons. The number of nitrogens with two attached hydrogens (primary N) is 1. The molecule has 0 amide bonds. The molecule has 0 fully saturated rings. The first-order chi connectivity index (χ1) is 9.58. The van der Waals surface area contributed by atoms with Crippen molar-refractivity contribution in [3.8, 4) is 11.5 Å². The van der Waals surface area contributed by atoms with Gasteiger partial charge in [0.1, 0.15) is 5.75 Å². The number of halogens is 2. The van der Waals surface area contributed by atoms with Crippen molar-refractivity contribution in [2.24, 2.45) is 5.73 Å². The summed E-state index contributed by atoms with van der Waals surface area (Å²) in [5.74, 6) is 0.329. The van der Waals surface area contributed by atoms with Crippen molar-refractivity contribution in [3.63, 3.8) is 0 Å². The van der Waals surface area contributed by atoms with Crippen molar-refractivity contribution in [1.82, 2.24) is 0 Å². The molecular formula is C15H15BrFNO2. The molecule has 2 aromatic rings. The van der Waals surface area contributed by atoms with Gasteiger partial charge in [0.25, 0.3) is 0 Å². The minimum Gasteiger partial charge on any atom is -0.496 e. The van der Waals surface area contributed by atoms with Gasteiger partial charge in [0, 0.05) is 15.6 Å². The van der Waals surface area contributed by atoms with Crippen LogP contribution in [0, 0.1) is 5.82 Å². The standard InChI is InChI=1S/C15H15BrFNO2/c1-19-12-5-3-4-11(14(12)17)15(18)10-7-6-9(16)8-13(10)20-2/h3-8,15H,18H2,1-2H3. The second-order valence-corrected chi connectivity index (χ2v) is 5.14. The van der Waals surface area contributed by atoms with E-state index in [0.717, 1.165) is 4.47 Å². The van der Waals surface area contributed by atoms with Gasteiger partial charge in [-0.25, -0.2) is 4.39 Å². The van der Waals surface area contributed by atoms with Crippen LogP contribution in [0.3, 0.4) is 0 Å². The molecule has 1 unspecified atom stereocenters. The Hall–Kier alpha value is -1.59. The first kappa shape index (κ1) is 14.8. The van der Waals surface area contributed by atoms with Crippen LogP contribution in [0.4, 0.5) is 4.39 Å². The predicted molar refractivity (Wildman–Crippen MR) is 79.7 cm³/mol. The summed E-state index contributed by atoms with van der Waals surface area (Å²) < 4.78 is 25.4. The third-order valence-electron chi connectivity index (χ3n) is 3.08. The van der Waals surface area contributed by atoms with Gasteiger partial charge in [0.15, 0.2) is 11.6 Å². The molecule has 3 nitrogen and oxygen atoms in total. The third kappa shape index (κ3) is 2.78. The molecule has 2 N–H and O–H groups in total.